The third kappa shape index (κ3) is 4.23. The maximum atomic E-state index is 12.7. The molecule has 30 heavy (non-hydrogen) atoms. The number of hydrogen-bond donors (Lipinski definition) is 1. The minimum absolute atomic E-state index is 0.00257. The Morgan fingerprint density at radius 3 is 2.80 bits per heavy atom. The number of rotatable bonds is 6. The maximum Gasteiger partial charge on any atom is 0.230 e. The molecule has 0 saturated heterocycles. The summed E-state index contributed by atoms with van der Waals surface area (Å²) >= 11 is 0. The minimum Gasteiger partial charge on any atom is -0.496 e. The fourth-order valence-electron chi connectivity index (χ4n) is 3.42. The summed E-state index contributed by atoms with van der Waals surface area (Å²) in [4.78, 5) is 26.6. The molecule has 7 heteroatoms. The molecule has 1 N–H and O–H groups in total. The first-order chi connectivity index (χ1) is 14.7. The van der Waals surface area contributed by atoms with Gasteiger partial charge in [0.2, 0.25) is 5.91 Å². The normalized spacial score (nSPS) is 13.1. The van der Waals surface area contributed by atoms with Gasteiger partial charge in [0.05, 0.1) is 37.4 Å². The lowest BCUT2D eigenvalue weighted by Gasteiger charge is -2.15. The number of nitrogens with one attached hydrogen (secondary N) is 1. The summed E-state index contributed by atoms with van der Waals surface area (Å²) in [5.74, 6) is 1.54. The summed E-state index contributed by atoms with van der Waals surface area (Å²) in [6.07, 6.45) is 2.56. The molecule has 0 atom stereocenters. The van der Waals surface area contributed by atoms with Crippen LogP contribution in [-0.4, -0.2) is 46.8 Å². The van der Waals surface area contributed by atoms with E-state index < -0.39 is 0 Å². The number of nitrogens with zero attached hydrogens (tertiary/aromatic N) is 4. The van der Waals surface area contributed by atoms with Crippen LogP contribution in [0, 0.1) is 11.3 Å². The second-order valence-electron chi connectivity index (χ2n) is 7.06. The number of nitriles is 1. The quantitative estimate of drug-likeness (QED) is 0.690. The number of benzene rings is 2. The van der Waals surface area contributed by atoms with Crippen molar-refractivity contribution in [2.24, 2.45) is 4.99 Å². The summed E-state index contributed by atoms with van der Waals surface area (Å²) in [6.45, 7) is 0.809. The highest BCUT2D eigenvalue weighted by molar-refractivity contribution is 6.06. The highest BCUT2D eigenvalue weighted by Crippen LogP contribution is 2.21. The molecule has 0 spiro atoms. The van der Waals surface area contributed by atoms with Crippen molar-refractivity contribution in [3.63, 3.8) is 0 Å². The molecule has 1 aliphatic heterocycles. The molecule has 0 fully saturated rings. The van der Waals surface area contributed by atoms with E-state index in [1.165, 1.54) is 0 Å². The van der Waals surface area contributed by atoms with Crippen LogP contribution in [-0.2, 0) is 17.6 Å². The molecular formula is C23H21N5O2. The first-order valence-electron chi connectivity index (χ1n) is 9.62. The van der Waals surface area contributed by atoms with Crippen molar-refractivity contribution in [2.75, 3.05) is 20.3 Å². The smallest absolute Gasteiger partial charge is 0.230 e. The lowest BCUT2D eigenvalue weighted by molar-refractivity contribution is -0.129. The van der Waals surface area contributed by atoms with Gasteiger partial charge in [-0.3, -0.25) is 9.79 Å². The van der Waals surface area contributed by atoms with Gasteiger partial charge in [-0.05, 0) is 29.8 Å². The molecule has 1 aromatic heterocycles. The number of H-pyrrole nitrogens is 1. The van der Waals surface area contributed by atoms with Gasteiger partial charge in [0, 0.05) is 23.9 Å². The second kappa shape index (κ2) is 8.62. The van der Waals surface area contributed by atoms with Gasteiger partial charge in [0.1, 0.15) is 18.2 Å². The number of para-hydroxylation sites is 1. The van der Waals surface area contributed by atoms with E-state index in [2.05, 4.69) is 21.0 Å². The summed E-state index contributed by atoms with van der Waals surface area (Å²) in [5, 5.41) is 8.88. The SMILES string of the molecule is COc1ccccc1C1=NCN(C(=O)Cc2cnc(Cc3ccc(C#N)cc3)[nH]2)C1. The average molecular weight is 399 g/mol. The van der Waals surface area contributed by atoms with Crippen molar-refractivity contribution in [3.8, 4) is 11.8 Å². The van der Waals surface area contributed by atoms with Gasteiger partial charge in [0.25, 0.3) is 0 Å². The number of hydrogen-bond acceptors (Lipinski definition) is 5. The van der Waals surface area contributed by atoms with E-state index >= 15 is 0 Å². The zero-order valence-electron chi connectivity index (χ0n) is 16.6. The molecule has 1 amide bonds. The number of ether oxygens (including phenoxy) is 1. The van der Waals surface area contributed by atoms with Crippen molar-refractivity contribution in [1.82, 2.24) is 14.9 Å². The molecule has 2 aromatic carbocycles. The average Bonchev–Trinajstić information content (AvgIpc) is 3.44. The predicted octanol–water partition coefficient (Wildman–Crippen LogP) is 2.71. The van der Waals surface area contributed by atoms with Crippen molar-refractivity contribution in [2.45, 2.75) is 12.8 Å². The van der Waals surface area contributed by atoms with E-state index in [1.807, 2.05) is 36.4 Å². The van der Waals surface area contributed by atoms with E-state index in [9.17, 15) is 4.79 Å². The Labute approximate surface area is 174 Å². The fraction of sp³-hybridized carbons (Fsp3) is 0.217. The lowest BCUT2D eigenvalue weighted by Crippen LogP contribution is -2.32. The Hall–Kier alpha value is -3.92. The van der Waals surface area contributed by atoms with Crippen molar-refractivity contribution >= 4 is 11.6 Å². The van der Waals surface area contributed by atoms with Crippen LogP contribution in [0.15, 0.2) is 59.7 Å². The topological polar surface area (TPSA) is 94.4 Å². The second-order valence-corrected chi connectivity index (χ2v) is 7.06. The standard InChI is InChI=1S/C23H21N5O2/c1-30-21-5-3-2-4-19(21)20-14-28(15-26-20)23(29)11-18-13-25-22(27-18)10-16-6-8-17(12-24)9-7-16/h2-9,13H,10-11,14-15H2,1H3,(H,25,27). The fourth-order valence-corrected chi connectivity index (χ4v) is 3.42. The molecule has 2 heterocycles. The zero-order valence-corrected chi connectivity index (χ0v) is 16.6. The molecule has 0 unspecified atom stereocenters. The number of aliphatic imine (C=N–C) groups is 1. The number of carbonyl (C=O) groups excluding carboxylic acids is 1. The van der Waals surface area contributed by atoms with E-state index in [1.54, 1.807) is 30.3 Å². The summed E-state index contributed by atoms with van der Waals surface area (Å²) in [5.41, 5.74) is 4.23. The van der Waals surface area contributed by atoms with E-state index in [-0.39, 0.29) is 12.3 Å². The van der Waals surface area contributed by atoms with Gasteiger partial charge < -0.3 is 14.6 Å². The largest absolute Gasteiger partial charge is 0.496 e. The van der Waals surface area contributed by atoms with Crippen LogP contribution in [0.3, 0.4) is 0 Å². The first-order valence-corrected chi connectivity index (χ1v) is 9.62. The van der Waals surface area contributed by atoms with Crippen molar-refractivity contribution < 1.29 is 9.53 Å². The van der Waals surface area contributed by atoms with E-state index in [0.717, 1.165) is 34.1 Å². The Balaban J connectivity index is 1.35. The lowest BCUT2D eigenvalue weighted by atomic mass is 10.1. The van der Waals surface area contributed by atoms with Gasteiger partial charge in [-0.1, -0.05) is 24.3 Å². The van der Waals surface area contributed by atoms with Crippen LogP contribution < -0.4 is 4.74 Å². The first kappa shape index (κ1) is 19.4. The molecule has 7 nitrogen and oxygen atoms in total. The molecule has 0 bridgehead atoms. The number of amides is 1. The third-order valence-corrected chi connectivity index (χ3v) is 5.02. The Kier molecular flexibility index (Phi) is 5.57. The van der Waals surface area contributed by atoms with E-state index in [0.29, 0.717) is 25.2 Å². The molecule has 150 valence electrons. The zero-order chi connectivity index (χ0) is 20.9. The Morgan fingerprint density at radius 2 is 2.03 bits per heavy atom. The van der Waals surface area contributed by atoms with Gasteiger partial charge >= 0.3 is 0 Å². The summed E-state index contributed by atoms with van der Waals surface area (Å²) in [7, 11) is 1.63. The summed E-state index contributed by atoms with van der Waals surface area (Å²) < 4.78 is 5.40. The maximum absolute atomic E-state index is 12.7. The minimum atomic E-state index is -0.00257. The number of aromatic nitrogens is 2. The van der Waals surface area contributed by atoms with E-state index in [4.69, 9.17) is 10.00 Å². The van der Waals surface area contributed by atoms with Crippen LogP contribution in [0.1, 0.15) is 28.2 Å². The number of carbonyl (C=O) groups is 1. The molecule has 4 rings (SSSR count). The molecule has 0 saturated carbocycles. The molecule has 3 aromatic rings. The molecule has 0 radical (unpaired) electrons. The van der Waals surface area contributed by atoms with Crippen molar-refractivity contribution in [1.29, 1.82) is 5.26 Å². The third-order valence-electron chi connectivity index (χ3n) is 5.02. The van der Waals surface area contributed by atoms with Gasteiger partial charge in [-0.2, -0.15) is 5.26 Å². The van der Waals surface area contributed by atoms with Crippen LogP contribution in [0.5, 0.6) is 5.75 Å². The highest BCUT2D eigenvalue weighted by atomic mass is 16.5. The highest BCUT2D eigenvalue weighted by Gasteiger charge is 2.24. The summed E-state index contributed by atoms with van der Waals surface area (Å²) in [6, 6.07) is 17.2. The van der Waals surface area contributed by atoms with Crippen LogP contribution in [0.4, 0.5) is 0 Å². The van der Waals surface area contributed by atoms with Gasteiger partial charge in [0.15, 0.2) is 0 Å². The molecule has 0 aliphatic carbocycles. The van der Waals surface area contributed by atoms with Gasteiger partial charge in [-0.15, -0.1) is 0 Å². The Morgan fingerprint density at radius 1 is 1.23 bits per heavy atom. The van der Waals surface area contributed by atoms with Crippen LogP contribution >= 0.6 is 0 Å². The number of methoxy groups -OCH3 is 1. The van der Waals surface area contributed by atoms with Crippen molar-refractivity contribution in [3.05, 3.63) is 82.9 Å². The molecule has 1 aliphatic rings. The Bertz CT molecular complexity index is 1120. The van der Waals surface area contributed by atoms with Gasteiger partial charge in [-0.25, -0.2) is 4.98 Å². The van der Waals surface area contributed by atoms with Crippen LogP contribution in [0.2, 0.25) is 0 Å². The molecular weight excluding hydrogens is 378 g/mol. The monoisotopic (exact) mass is 399 g/mol. The number of aromatic amines is 1. The predicted molar refractivity (Wildman–Crippen MR) is 112 cm³/mol. The van der Waals surface area contributed by atoms with Crippen LogP contribution in [0.25, 0.3) is 0 Å². The number of imidazole rings is 1.